The first-order valence-electron chi connectivity index (χ1n) is 7.99. The van der Waals surface area contributed by atoms with Crippen LogP contribution in [-0.4, -0.2) is 36.9 Å². The molecule has 152 valence electrons. The van der Waals surface area contributed by atoms with E-state index < -0.39 is 36.1 Å². The van der Waals surface area contributed by atoms with Gasteiger partial charge in [0.25, 0.3) is 5.91 Å². The molecule has 0 heterocycles. The molecule has 10 heteroatoms. The quantitative estimate of drug-likeness (QED) is 0.655. The van der Waals surface area contributed by atoms with Gasteiger partial charge in [-0.3, -0.25) is 4.79 Å². The van der Waals surface area contributed by atoms with Gasteiger partial charge in [-0.1, -0.05) is 41.4 Å². The first-order valence-corrected chi connectivity index (χ1v) is 8.74. The predicted octanol–water partition coefficient (Wildman–Crippen LogP) is 3.95. The fourth-order valence-electron chi connectivity index (χ4n) is 2.09. The van der Waals surface area contributed by atoms with Crippen LogP contribution >= 0.6 is 23.2 Å². The lowest BCUT2D eigenvalue weighted by Crippen LogP contribution is -2.37. The molecule has 2 N–H and O–H groups in total. The van der Waals surface area contributed by atoms with Crippen molar-refractivity contribution in [1.29, 1.82) is 0 Å². The molecule has 0 aromatic heterocycles. The van der Waals surface area contributed by atoms with Crippen LogP contribution in [0.5, 0.6) is 11.5 Å². The lowest BCUT2D eigenvalue weighted by Gasteiger charge is -2.15. The van der Waals surface area contributed by atoms with Crippen LogP contribution in [0.25, 0.3) is 0 Å². The van der Waals surface area contributed by atoms with E-state index in [9.17, 15) is 23.1 Å². The van der Waals surface area contributed by atoms with E-state index in [0.29, 0.717) is 5.02 Å². The van der Waals surface area contributed by atoms with E-state index in [1.165, 1.54) is 12.1 Å². The van der Waals surface area contributed by atoms with Crippen molar-refractivity contribution in [3.63, 3.8) is 0 Å². The van der Waals surface area contributed by atoms with Crippen LogP contribution in [0.4, 0.5) is 13.2 Å². The predicted molar refractivity (Wildman–Crippen MR) is 97.9 cm³/mol. The maximum Gasteiger partial charge on any atom is 0.419 e. The van der Waals surface area contributed by atoms with E-state index in [1.807, 2.05) is 0 Å². The van der Waals surface area contributed by atoms with Crippen LogP contribution in [0.15, 0.2) is 42.5 Å². The average molecular weight is 438 g/mol. The van der Waals surface area contributed by atoms with Gasteiger partial charge in [-0.05, 0) is 24.3 Å². The number of alkyl halides is 3. The third-order valence-corrected chi connectivity index (χ3v) is 4.24. The molecule has 2 rings (SSSR count). The summed E-state index contributed by atoms with van der Waals surface area (Å²) in [5.41, 5.74) is -0.977. The minimum Gasteiger partial charge on any atom is -0.489 e. The zero-order valence-electron chi connectivity index (χ0n) is 14.3. The Hall–Kier alpha value is -2.16. The molecule has 0 radical (unpaired) electrons. The van der Waals surface area contributed by atoms with Gasteiger partial charge >= 0.3 is 6.18 Å². The maximum absolute atomic E-state index is 12.9. The van der Waals surface area contributed by atoms with E-state index in [1.54, 1.807) is 18.2 Å². The molecule has 1 unspecified atom stereocenters. The summed E-state index contributed by atoms with van der Waals surface area (Å²) in [5, 5.41) is 12.7. The summed E-state index contributed by atoms with van der Waals surface area (Å²) < 4.78 is 48.8. The molecule has 0 aliphatic rings. The second-order valence-electron chi connectivity index (χ2n) is 5.60. The number of benzene rings is 2. The van der Waals surface area contributed by atoms with Gasteiger partial charge < -0.3 is 19.9 Å². The molecule has 1 amide bonds. The highest BCUT2D eigenvalue weighted by molar-refractivity contribution is 6.42. The van der Waals surface area contributed by atoms with E-state index in [2.05, 4.69) is 5.32 Å². The Balaban J connectivity index is 1.77. The first-order chi connectivity index (χ1) is 13.2. The Labute approximate surface area is 169 Å². The summed E-state index contributed by atoms with van der Waals surface area (Å²) in [4.78, 5) is 11.7. The summed E-state index contributed by atoms with van der Waals surface area (Å²) in [6.07, 6.45) is -5.68. The van der Waals surface area contributed by atoms with Gasteiger partial charge in [0.05, 0.1) is 10.6 Å². The highest BCUT2D eigenvalue weighted by atomic mass is 35.5. The molecule has 0 spiro atoms. The Morgan fingerprint density at radius 3 is 2.46 bits per heavy atom. The molecule has 0 saturated heterocycles. The largest absolute Gasteiger partial charge is 0.489 e. The normalized spacial score (nSPS) is 12.4. The topological polar surface area (TPSA) is 67.8 Å². The van der Waals surface area contributed by atoms with Crippen molar-refractivity contribution in [1.82, 2.24) is 5.32 Å². The third kappa shape index (κ3) is 6.47. The number of nitrogens with one attached hydrogen (secondary N) is 1. The SMILES string of the molecule is O=C(COc1ccccc1C(F)(F)F)NCC(O)COc1cccc(Cl)c1Cl. The van der Waals surface area contributed by atoms with Crippen LogP contribution in [0.2, 0.25) is 10.0 Å². The summed E-state index contributed by atoms with van der Waals surface area (Å²) in [5.74, 6) is -0.881. The number of carbonyl (C=O) groups is 1. The summed E-state index contributed by atoms with van der Waals surface area (Å²) >= 11 is 11.8. The van der Waals surface area contributed by atoms with Crippen LogP contribution < -0.4 is 14.8 Å². The van der Waals surface area contributed by atoms with E-state index >= 15 is 0 Å². The Morgan fingerprint density at radius 1 is 1.07 bits per heavy atom. The zero-order chi connectivity index (χ0) is 20.7. The van der Waals surface area contributed by atoms with Crippen molar-refractivity contribution in [3.05, 3.63) is 58.1 Å². The number of rotatable bonds is 8. The van der Waals surface area contributed by atoms with Crippen molar-refractivity contribution < 1.29 is 32.5 Å². The number of hydrogen-bond acceptors (Lipinski definition) is 4. The number of para-hydroxylation sites is 1. The van der Waals surface area contributed by atoms with Gasteiger partial charge in [0.2, 0.25) is 0 Å². The highest BCUT2D eigenvalue weighted by Gasteiger charge is 2.34. The summed E-state index contributed by atoms with van der Waals surface area (Å²) in [7, 11) is 0. The standard InChI is InChI=1S/C18H16Cl2F3NO4/c19-13-5-3-7-15(17(13)20)27-9-11(25)8-24-16(26)10-28-14-6-2-1-4-12(14)18(21,22)23/h1-7,11,25H,8-10H2,(H,24,26). The summed E-state index contributed by atoms with van der Waals surface area (Å²) in [6, 6.07) is 9.31. The molecule has 2 aromatic rings. The van der Waals surface area contributed by atoms with Gasteiger partial charge in [-0.25, -0.2) is 0 Å². The number of carbonyl (C=O) groups excluding carboxylic acids is 1. The van der Waals surface area contributed by atoms with Crippen LogP contribution in [0, 0.1) is 0 Å². The van der Waals surface area contributed by atoms with Gasteiger partial charge in [-0.2, -0.15) is 13.2 Å². The van der Waals surface area contributed by atoms with Crippen molar-refractivity contribution >= 4 is 29.1 Å². The molecule has 5 nitrogen and oxygen atoms in total. The number of hydrogen-bond donors (Lipinski definition) is 2. The van der Waals surface area contributed by atoms with Gasteiger partial charge in [0.15, 0.2) is 6.61 Å². The van der Waals surface area contributed by atoms with Crippen molar-refractivity contribution in [2.75, 3.05) is 19.8 Å². The van der Waals surface area contributed by atoms with Gasteiger partial charge in [0.1, 0.15) is 29.2 Å². The number of aliphatic hydroxyl groups is 1. The maximum atomic E-state index is 12.9. The van der Waals surface area contributed by atoms with Crippen molar-refractivity contribution in [2.45, 2.75) is 12.3 Å². The molecule has 0 aliphatic carbocycles. The fraction of sp³-hybridized carbons (Fsp3) is 0.278. The second kappa shape index (κ2) is 9.86. The number of ether oxygens (including phenoxy) is 2. The second-order valence-corrected chi connectivity index (χ2v) is 6.39. The monoisotopic (exact) mass is 437 g/mol. The minimum atomic E-state index is -4.60. The highest BCUT2D eigenvalue weighted by Crippen LogP contribution is 2.35. The van der Waals surface area contributed by atoms with Crippen molar-refractivity contribution in [3.8, 4) is 11.5 Å². The zero-order valence-corrected chi connectivity index (χ0v) is 15.8. The third-order valence-electron chi connectivity index (χ3n) is 3.43. The molecule has 0 aliphatic heterocycles. The molecule has 2 aromatic carbocycles. The lowest BCUT2D eigenvalue weighted by molar-refractivity contribution is -0.139. The molecule has 0 fully saturated rings. The number of aliphatic hydroxyl groups excluding tert-OH is 1. The van der Waals surface area contributed by atoms with E-state index in [4.69, 9.17) is 32.7 Å². The molecular weight excluding hydrogens is 422 g/mol. The van der Waals surface area contributed by atoms with E-state index in [0.717, 1.165) is 12.1 Å². The van der Waals surface area contributed by atoms with E-state index in [-0.39, 0.29) is 23.9 Å². The Kier molecular flexibility index (Phi) is 7.79. The molecular formula is C18H16Cl2F3NO4. The smallest absolute Gasteiger partial charge is 0.419 e. The van der Waals surface area contributed by atoms with Crippen molar-refractivity contribution in [2.24, 2.45) is 0 Å². The van der Waals surface area contributed by atoms with Crippen LogP contribution in [-0.2, 0) is 11.0 Å². The average Bonchev–Trinajstić information content (AvgIpc) is 2.65. The lowest BCUT2D eigenvalue weighted by atomic mass is 10.2. The molecule has 28 heavy (non-hydrogen) atoms. The summed E-state index contributed by atoms with van der Waals surface area (Å²) in [6.45, 7) is -1.01. The van der Waals surface area contributed by atoms with Crippen LogP contribution in [0.3, 0.4) is 0 Å². The van der Waals surface area contributed by atoms with Gasteiger partial charge in [0, 0.05) is 6.54 Å². The van der Waals surface area contributed by atoms with Gasteiger partial charge in [-0.15, -0.1) is 0 Å². The Morgan fingerprint density at radius 2 is 1.75 bits per heavy atom. The molecule has 0 saturated carbocycles. The minimum absolute atomic E-state index is 0.182. The number of halogens is 5. The number of amides is 1. The Bertz CT molecular complexity index is 818. The fourth-order valence-corrected chi connectivity index (χ4v) is 2.44. The molecule has 1 atom stereocenters. The molecule has 0 bridgehead atoms. The first kappa shape index (κ1) is 22.1. The van der Waals surface area contributed by atoms with Crippen LogP contribution in [0.1, 0.15) is 5.56 Å².